The van der Waals surface area contributed by atoms with Crippen molar-refractivity contribution >= 4 is 17.2 Å². The highest BCUT2D eigenvalue weighted by atomic mass is 32.1. The molecule has 1 atom stereocenters. The summed E-state index contributed by atoms with van der Waals surface area (Å²) in [6, 6.07) is 1.91. The van der Waals surface area contributed by atoms with Crippen LogP contribution < -0.4 is 0 Å². The molecule has 2 aliphatic rings. The number of rotatable bonds is 3. The smallest absolute Gasteiger partial charge is 0.254 e. The fourth-order valence-electron chi connectivity index (χ4n) is 2.78. The van der Waals surface area contributed by atoms with Crippen LogP contribution in [0.2, 0.25) is 0 Å². The Morgan fingerprint density at radius 1 is 1.37 bits per heavy atom. The highest BCUT2D eigenvalue weighted by Gasteiger charge is 2.25. The number of ether oxygens (including phenoxy) is 1. The Morgan fingerprint density at radius 3 is 2.84 bits per heavy atom. The van der Waals surface area contributed by atoms with Gasteiger partial charge in [-0.3, -0.25) is 9.69 Å². The minimum absolute atomic E-state index is 0.179. The van der Waals surface area contributed by atoms with E-state index in [9.17, 15) is 4.79 Å². The predicted octanol–water partition coefficient (Wildman–Crippen LogP) is 1.68. The Labute approximate surface area is 118 Å². The topological polar surface area (TPSA) is 32.8 Å². The van der Waals surface area contributed by atoms with E-state index in [1.165, 1.54) is 12.8 Å². The fraction of sp³-hybridized carbons (Fsp3) is 0.643. The van der Waals surface area contributed by atoms with Gasteiger partial charge >= 0.3 is 0 Å². The molecule has 19 heavy (non-hydrogen) atoms. The van der Waals surface area contributed by atoms with Gasteiger partial charge in [0.25, 0.3) is 5.91 Å². The van der Waals surface area contributed by atoms with Gasteiger partial charge < -0.3 is 9.64 Å². The quantitative estimate of drug-likeness (QED) is 0.844. The van der Waals surface area contributed by atoms with Crippen molar-refractivity contribution in [1.29, 1.82) is 0 Å². The molecule has 0 bridgehead atoms. The molecule has 0 radical (unpaired) electrons. The maximum absolute atomic E-state index is 12.2. The zero-order valence-corrected chi connectivity index (χ0v) is 11.9. The van der Waals surface area contributed by atoms with Gasteiger partial charge in [0.15, 0.2) is 0 Å². The summed E-state index contributed by atoms with van der Waals surface area (Å²) in [4.78, 5) is 16.6. The second kappa shape index (κ2) is 6.03. The monoisotopic (exact) mass is 280 g/mol. The predicted molar refractivity (Wildman–Crippen MR) is 75.6 cm³/mol. The first-order valence-electron chi connectivity index (χ1n) is 6.98. The van der Waals surface area contributed by atoms with E-state index in [-0.39, 0.29) is 5.91 Å². The summed E-state index contributed by atoms with van der Waals surface area (Å²) in [6.45, 7) is 5.55. The molecule has 1 unspecified atom stereocenters. The van der Waals surface area contributed by atoms with Gasteiger partial charge in [0.05, 0.1) is 11.7 Å². The molecule has 104 valence electrons. The van der Waals surface area contributed by atoms with Gasteiger partial charge in [-0.1, -0.05) is 0 Å². The summed E-state index contributed by atoms with van der Waals surface area (Å²) in [5.41, 5.74) is 0.831. The van der Waals surface area contributed by atoms with Gasteiger partial charge in [-0.05, 0) is 24.3 Å². The van der Waals surface area contributed by atoms with Crippen LogP contribution in [0.1, 0.15) is 23.2 Å². The van der Waals surface area contributed by atoms with Gasteiger partial charge in [-0.25, -0.2) is 0 Å². The number of carbonyl (C=O) groups excluding carboxylic acids is 1. The Bertz CT molecular complexity index is 407. The first kappa shape index (κ1) is 13.1. The molecule has 0 N–H and O–H groups in total. The van der Waals surface area contributed by atoms with Crippen molar-refractivity contribution in [2.24, 2.45) is 0 Å². The molecular weight excluding hydrogens is 260 g/mol. The molecule has 5 heteroatoms. The zero-order valence-electron chi connectivity index (χ0n) is 11.1. The lowest BCUT2D eigenvalue weighted by atomic mass is 10.2. The Balaban J connectivity index is 1.47. The van der Waals surface area contributed by atoms with E-state index in [1.54, 1.807) is 11.3 Å². The first-order valence-corrected chi connectivity index (χ1v) is 7.92. The van der Waals surface area contributed by atoms with Crippen molar-refractivity contribution in [2.45, 2.75) is 18.9 Å². The zero-order chi connectivity index (χ0) is 13.1. The highest BCUT2D eigenvalue weighted by molar-refractivity contribution is 7.08. The van der Waals surface area contributed by atoms with Crippen molar-refractivity contribution < 1.29 is 9.53 Å². The maximum Gasteiger partial charge on any atom is 0.254 e. The SMILES string of the molecule is O=C(c1ccsc1)N1CCN(CC2CCCO2)CC1. The maximum atomic E-state index is 12.2. The van der Waals surface area contributed by atoms with Crippen LogP contribution in [0.15, 0.2) is 16.8 Å². The average molecular weight is 280 g/mol. The summed E-state index contributed by atoms with van der Waals surface area (Å²) in [5.74, 6) is 0.179. The fourth-order valence-corrected chi connectivity index (χ4v) is 3.41. The van der Waals surface area contributed by atoms with Crippen LogP contribution in [-0.4, -0.2) is 61.1 Å². The second-order valence-electron chi connectivity index (χ2n) is 5.24. The van der Waals surface area contributed by atoms with E-state index in [0.717, 1.165) is 44.9 Å². The molecule has 1 aromatic heterocycles. The lowest BCUT2D eigenvalue weighted by Crippen LogP contribution is -2.50. The van der Waals surface area contributed by atoms with Crippen molar-refractivity contribution in [2.75, 3.05) is 39.3 Å². The number of nitrogens with zero attached hydrogens (tertiary/aromatic N) is 2. The Morgan fingerprint density at radius 2 is 2.21 bits per heavy atom. The molecule has 0 saturated carbocycles. The summed E-state index contributed by atoms with van der Waals surface area (Å²) >= 11 is 1.58. The van der Waals surface area contributed by atoms with E-state index in [0.29, 0.717) is 6.10 Å². The normalized spacial score (nSPS) is 24.8. The highest BCUT2D eigenvalue weighted by Crippen LogP contribution is 2.16. The standard InChI is InChI=1S/C14H20N2O2S/c17-14(12-3-9-19-11-12)16-6-4-15(5-7-16)10-13-2-1-8-18-13/h3,9,11,13H,1-2,4-8,10H2. The molecule has 3 rings (SSSR count). The number of amides is 1. The number of thiophene rings is 1. The summed E-state index contributed by atoms with van der Waals surface area (Å²) in [5, 5.41) is 3.89. The molecule has 2 aliphatic heterocycles. The molecule has 2 saturated heterocycles. The third-order valence-corrected chi connectivity index (χ3v) is 4.60. The van der Waals surface area contributed by atoms with Crippen LogP contribution in [0.3, 0.4) is 0 Å². The molecular formula is C14H20N2O2S. The van der Waals surface area contributed by atoms with Crippen molar-refractivity contribution in [1.82, 2.24) is 9.80 Å². The molecule has 1 aromatic rings. The number of piperazine rings is 1. The van der Waals surface area contributed by atoms with Gasteiger partial charge in [0, 0.05) is 44.7 Å². The van der Waals surface area contributed by atoms with Crippen LogP contribution in [0.4, 0.5) is 0 Å². The van der Waals surface area contributed by atoms with E-state index in [2.05, 4.69) is 4.90 Å². The molecule has 2 fully saturated rings. The molecule has 0 aliphatic carbocycles. The summed E-state index contributed by atoms with van der Waals surface area (Å²) in [7, 11) is 0. The number of carbonyl (C=O) groups is 1. The number of hydrogen-bond donors (Lipinski definition) is 0. The second-order valence-corrected chi connectivity index (χ2v) is 6.02. The lowest BCUT2D eigenvalue weighted by molar-refractivity contribution is 0.0433. The van der Waals surface area contributed by atoms with Crippen molar-refractivity contribution in [3.8, 4) is 0 Å². The molecule has 1 amide bonds. The molecule has 3 heterocycles. The van der Waals surface area contributed by atoms with Crippen molar-refractivity contribution in [3.05, 3.63) is 22.4 Å². The van der Waals surface area contributed by atoms with Crippen LogP contribution in [0.5, 0.6) is 0 Å². The Kier molecular flexibility index (Phi) is 4.15. The van der Waals surface area contributed by atoms with Gasteiger partial charge in [0.1, 0.15) is 0 Å². The van der Waals surface area contributed by atoms with Crippen LogP contribution in [0, 0.1) is 0 Å². The lowest BCUT2D eigenvalue weighted by Gasteiger charge is -2.35. The van der Waals surface area contributed by atoms with Gasteiger partial charge in [-0.15, -0.1) is 0 Å². The average Bonchev–Trinajstić information content (AvgIpc) is 3.12. The van der Waals surface area contributed by atoms with E-state index in [4.69, 9.17) is 4.74 Å². The minimum atomic E-state index is 0.179. The molecule has 4 nitrogen and oxygen atoms in total. The van der Waals surface area contributed by atoms with E-state index in [1.807, 2.05) is 21.7 Å². The summed E-state index contributed by atoms with van der Waals surface area (Å²) in [6.07, 6.45) is 2.80. The van der Waals surface area contributed by atoms with Crippen LogP contribution >= 0.6 is 11.3 Å². The first-order chi connectivity index (χ1) is 9.33. The Hall–Kier alpha value is -0.910. The molecule has 0 spiro atoms. The van der Waals surface area contributed by atoms with Gasteiger partial charge in [0.2, 0.25) is 0 Å². The minimum Gasteiger partial charge on any atom is -0.377 e. The largest absolute Gasteiger partial charge is 0.377 e. The number of hydrogen-bond acceptors (Lipinski definition) is 4. The van der Waals surface area contributed by atoms with E-state index >= 15 is 0 Å². The van der Waals surface area contributed by atoms with Gasteiger partial charge in [-0.2, -0.15) is 11.3 Å². The van der Waals surface area contributed by atoms with Crippen molar-refractivity contribution in [3.63, 3.8) is 0 Å². The third kappa shape index (κ3) is 3.16. The van der Waals surface area contributed by atoms with Crippen LogP contribution in [0.25, 0.3) is 0 Å². The van der Waals surface area contributed by atoms with E-state index < -0.39 is 0 Å². The van der Waals surface area contributed by atoms with Crippen LogP contribution in [-0.2, 0) is 4.74 Å². The molecule has 0 aromatic carbocycles. The summed E-state index contributed by atoms with van der Waals surface area (Å²) < 4.78 is 5.67. The third-order valence-electron chi connectivity index (χ3n) is 3.91.